The summed E-state index contributed by atoms with van der Waals surface area (Å²) in [6.07, 6.45) is 6.95. The first kappa shape index (κ1) is 18.1. The summed E-state index contributed by atoms with van der Waals surface area (Å²) in [6, 6.07) is 4.68. The third-order valence-electron chi connectivity index (χ3n) is 6.31. The normalized spacial score (nSPS) is 24.6. The third-order valence-corrected chi connectivity index (χ3v) is 7.34. The molecule has 4 rings (SSSR count). The average Bonchev–Trinajstić information content (AvgIpc) is 3.06. The molecule has 0 N–H and O–H groups in total. The molecular formula is C20H29NO4S. The first-order valence-electron chi connectivity index (χ1n) is 9.74. The van der Waals surface area contributed by atoms with Crippen LogP contribution < -0.4 is 9.47 Å². The van der Waals surface area contributed by atoms with E-state index < -0.39 is 9.84 Å². The number of rotatable bonds is 4. The lowest BCUT2D eigenvalue weighted by Crippen LogP contribution is -2.46. The van der Waals surface area contributed by atoms with Gasteiger partial charge in [-0.15, -0.1) is 0 Å². The van der Waals surface area contributed by atoms with Gasteiger partial charge in [-0.05, 0) is 56.0 Å². The third kappa shape index (κ3) is 3.33. The van der Waals surface area contributed by atoms with Crippen LogP contribution in [0.5, 0.6) is 11.5 Å². The van der Waals surface area contributed by atoms with Gasteiger partial charge in [0.2, 0.25) is 0 Å². The van der Waals surface area contributed by atoms with E-state index in [4.69, 9.17) is 9.47 Å². The van der Waals surface area contributed by atoms with Crippen LogP contribution in [0.4, 0.5) is 0 Å². The van der Waals surface area contributed by atoms with Crippen LogP contribution in [0.1, 0.15) is 56.2 Å². The molecular weight excluding hydrogens is 350 g/mol. The van der Waals surface area contributed by atoms with Gasteiger partial charge in [0.25, 0.3) is 0 Å². The Bertz CT molecular complexity index is 783. The van der Waals surface area contributed by atoms with Crippen molar-refractivity contribution in [1.82, 2.24) is 4.90 Å². The smallest absolute Gasteiger partial charge is 0.161 e. The number of fused-ring (bicyclic) bond motifs is 3. The van der Waals surface area contributed by atoms with Crippen molar-refractivity contribution in [3.63, 3.8) is 0 Å². The number of ether oxygens (including phenoxy) is 2. The SMILES string of the molecule is CC1c2cc3c(cc2C2(CCCC2)CN1CCCS(C)(=O)=O)OCCO3. The lowest BCUT2D eigenvalue weighted by Gasteiger charge is -2.46. The summed E-state index contributed by atoms with van der Waals surface area (Å²) in [5.41, 5.74) is 2.95. The lowest BCUT2D eigenvalue weighted by molar-refractivity contribution is 0.132. The molecule has 0 radical (unpaired) electrons. The zero-order valence-corrected chi connectivity index (χ0v) is 16.6. The van der Waals surface area contributed by atoms with Crippen molar-refractivity contribution >= 4 is 9.84 Å². The van der Waals surface area contributed by atoms with E-state index >= 15 is 0 Å². The summed E-state index contributed by atoms with van der Waals surface area (Å²) in [7, 11) is -2.91. The Labute approximate surface area is 156 Å². The molecule has 0 aromatic heterocycles. The molecule has 1 aliphatic carbocycles. The first-order valence-corrected chi connectivity index (χ1v) is 11.8. The van der Waals surface area contributed by atoms with Crippen LogP contribution in [0.15, 0.2) is 12.1 Å². The Morgan fingerprint density at radius 3 is 2.46 bits per heavy atom. The van der Waals surface area contributed by atoms with E-state index in [1.54, 1.807) is 0 Å². The molecule has 0 saturated heterocycles. The maximum absolute atomic E-state index is 11.5. The van der Waals surface area contributed by atoms with E-state index in [9.17, 15) is 8.42 Å². The maximum atomic E-state index is 11.5. The van der Waals surface area contributed by atoms with Gasteiger partial charge in [0.05, 0.1) is 5.75 Å². The Morgan fingerprint density at radius 1 is 1.15 bits per heavy atom. The molecule has 1 fully saturated rings. The van der Waals surface area contributed by atoms with Crippen molar-refractivity contribution in [2.24, 2.45) is 0 Å². The zero-order chi connectivity index (χ0) is 18.4. The van der Waals surface area contributed by atoms with E-state index in [1.807, 2.05) is 0 Å². The van der Waals surface area contributed by atoms with Crippen molar-refractivity contribution in [1.29, 1.82) is 0 Å². The summed E-state index contributed by atoms with van der Waals surface area (Å²) < 4.78 is 34.7. The predicted molar refractivity (Wildman–Crippen MR) is 102 cm³/mol. The Kier molecular flexibility index (Phi) is 4.68. The monoisotopic (exact) mass is 379 g/mol. The van der Waals surface area contributed by atoms with Gasteiger partial charge in [-0.3, -0.25) is 4.90 Å². The summed E-state index contributed by atoms with van der Waals surface area (Å²) in [5.74, 6) is 2.00. The second kappa shape index (κ2) is 6.71. The van der Waals surface area contributed by atoms with Gasteiger partial charge >= 0.3 is 0 Å². The number of nitrogens with zero attached hydrogens (tertiary/aromatic N) is 1. The molecule has 0 bridgehead atoms. The standard InChI is InChI=1S/C20H29NO4S/c1-15-16-12-18-19(25-10-9-24-18)13-17(16)20(6-3-4-7-20)14-21(15)8-5-11-26(2,22)23/h12-13,15H,3-11,14H2,1-2H3. The molecule has 1 atom stereocenters. The van der Waals surface area contributed by atoms with Crippen molar-refractivity contribution in [2.45, 2.75) is 50.5 Å². The van der Waals surface area contributed by atoms with Gasteiger partial charge in [-0.25, -0.2) is 8.42 Å². The second-order valence-electron chi connectivity index (χ2n) is 8.20. The van der Waals surface area contributed by atoms with E-state index in [0.717, 1.165) is 24.6 Å². The highest BCUT2D eigenvalue weighted by atomic mass is 32.2. The maximum Gasteiger partial charge on any atom is 0.161 e. The molecule has 1 unspecified atom stereocenters. The van der Waals surface area contributed by atoms with Crippen LogP contribution >= 0.6 is 0 Å². The second-order valence-corrected chi connectivity index (χ2v) is 10.5. The number of sulfone groups is 1. The Balaban J connectivity index is 1.66. The molecule has 6 heteroatoms. The predicted octanol–water partition coefficient (Wildman–Crippen LogP) is 3.08. The molecule has 1 aromatic rings. The van der Waals surface area contributed by atoms with Crippen LogP contribution in [0.2, 0.25) is 0 Å². The van der Waals surface area contributed by atoms with Crippen LogP contribution in [0.25, 0.3) is 0 Å². The van der Waals surface area contributed by atoms with Crippen LogP contribution in [-0.2, 0) is 15.3 Å². The van der Waals surface area contributed by atoms with Gasteiger partial charge in [0.15, 0.2) is 11.5 Å². The number of hydrogen-bond donors (Lipinski definition) is 0. The lowest BCUT2D eigenvalue weighted by atomic mass is 9.71. The summed E-state index contributed by atoms with van der Waals surface area (Å²) in [5, 5.41) is 0. The van der Waals surface area contributed by atoms with Gasteiger partial charge in [-0.2, -0.15) is 0 Å². The molecule has 5 nitrogen and oxygen atoms in total. The highest BCUT2D eigenvalue weighted by Crippen LogP contribution is 2.51. The molecule has 2 heterocycles. The molecule has 3 aliphatic rings. The largest absolute Gasteiger partial charge is 0.486 e. The fraction of sp³-hybridized carbons (Fsp3) is 0.700. The highest BCUT2D eigenvalue weighted by Gasteiger charge is 2.44. The van der Waals surface area contributed by atoms with Gasteiger partial charge < -0.3 is 9.47 Å². The average molecular weight is 380 g/mol. The van der Waals surface area contributed by atoms with E-state index in [0.29, 0.717) is 19.6 Å². The van der Waals surface area contributed by atoms with Crippen LogP contribution in [0.3, 0.4) is 0 Å². The zero-order valence-electron chi connectivity index (χ0n) is 15.8. The molecule has 1 spiro atoms. The van der Waals surface area contributed by atoms with Crippen molar-refractivity contribution < 1.29 is 17.9 Å². The molecule has 0 amide bonds. The molecule has 2 aliphatic heterocycles. The fourth-order valence-electron chi connectivity index (χ4n) is 5.00. The minimum atomic E-state index is -2.91. The van der Waals surface area contributed by atoms with Crippen molar-refractivity contribution in [2.75, 3.05) is 38.3 Å². The van der Waals surface area contributed by atoms with Crippen molar-refractivity contribution in [3.05, 3.63) is 23.3 Å². The molecule has 26 heavy (non-hydrogen) atoms. The molecule has 1 saturated carbocycles. The van der Waals surface area contributed by atoms with E-state index in [-0.39, 0.29) is 17.2 Å². The summed E-state index contributed by atoms with van der Waals surface area (Å²) in [6.45, 7) is 5.29. The van der Waals surface area contributed by atoms with Crippen molar-refractivity contribution in [3.8, 4) is 11.5 Å². The number of benzene rings is 1. The minimum absolute atomic E-state index is 0.183. The topological polar surface area (TPSA) is 55.8 Å². The first-order chi connectivity index (χ1) is 12.4. The molecule has 144 valence electrons. The van der Waals surface area contributed by atoms with E-state index in [1.165, 1.54) is 43.1 Å². The Hall–Kier alpha value is -1.27. The molecule has 1 aromatic carbocycles. The van der Waals surface area contributed by atoms with Crippen LogP contribution in [-0.4, -0.2) is 51.6 Å². The Morgan fingerprint density at radius 2 is 1.81 bits per heavy atom. The number of hydrogen-bond acceptors (Lipinski definition) is 5. The van der Waals surface area contributed by atoms with Gasteiger partial charge in [-0.1, -0.05) is 12.8 Å². The fourth-order valence-corrected chi connectivity index (χ4v) is 5.65. The minimum Gasteiger partial charge on any atom is -0.486 e. The van der Waals surface area contributed by atoms with E-state index in [2.05, 4.69) is 24.0 Å². The quantitative estimate of drug-likeness (QED) is 0.805. The van der Waals surface area contributed by atoms with Gasteiger partial charge in [0.1, 0.15) is 23.1 Å². The highest BCUT2D eigenvalue weighted by molar-refractivity contribution is 7.90. The van der Waals surface area contributed by atoms with Gasteiger partial charge in [0, 0.05) is 24.3 Å². The van der Waals surface area contributed by atoms with Crippen LogP contribution in [0, 0.1) is 0 Å². The summed E-state index contributed by atoms with van der Waals surface area (Å²) >= 11 is 0. The summed E-state index contributed by atoms with van der Waals surface area (Å²) in [4.78, 5) is 2.48.